The zero-order valence-corrected chi connectivity index (χ0v) is 13.7. The number of nitrogens with zero attached hydrogens (tertiary/aromatic N) is 2. The maximum absolute atomic E-state index is 12.5. The van der Waals surface area contributed by atoms with Crippen LogP contribution >= 0.6 is 0 Å². The molecule has 0 spiro atoms. The van der Waals surface area contributed by atoms with Crippen molar-refractivity contribution in [3.63, 3.8) is 0 Å². The van der Waals surface area contributed by atoms with Crippen molar-refractivity contribution < 1.29 is 9.53 Å². The summed E-state index contributed by atoms with van der Waals surface area (Å²) in [7, 11) is 0. The first kappa shape index (κ1) is 15.3. The highest BCUT2D eigenvalue weighted by molar-refractivity contribution is 5.96. The number of esters is 1. The molecule has 4 heteroatoms. The number of imidazole rings is 1. The minimum Gasteiger partial charge on any atom is -0.461 e. The van der Waals surface area contributed by atoms with E-state index in [1.165, 1.54) is 5.56 Å². The van der Waals surface area contributed by atoms with Crippen LogP contribution in [0.4, 0.5) is 0 Å². The van der Waals surface area contributed by atoms with Gasteiger partial charge >= 0.3 is 5.97 Å². The van der Waals surface area contributed by atoms with Crippen LogP contribution in [0.2, 0.25) is 0 Å². The molecule has 4 nitrogen and oxygen atoms in total. The second-order valence-corrected chi connectivity index (χ2v) is 5.51. The van der Waals surface area contributed by atoms with Gasteiger partial charge in [0.15, 0.2) is 5.69 Å². The van der Waals surface area contributed by atoms with Gasteiger partial charge in [0.05, 0.1) is 6.61 Å². The van der Waals surface area contributed by atoms with Gasteiger partial charge in [0, 0.05) is 11.8 Å². The Balaban J connectivity index is 2.21. The van der Waals surface area contributed by atoms with Crippen LogP contribution in [0.15, 0.2) is 42.6 Å². The molecule has 0 fully saturated rings. The van der Waals surface area contributed by atoms with Crippen LogP contribution in [-0.2, 0) is 11.2 Å². The quantitative estimate of drug-likeness (QED) is 0.683. The topological polar surface area (TPSA) is 43.6 Å². The molecule has 23 heavy (non-hydrogen) atoms. The minimum atomic E-state index is -0.347. The van der Waals surface area contributed by atoms with Crippen LogP contribution < -0.4 is 0 Å². The predicted octanol–water partition coefficient (Wildman–Crippen LogP) is 4.05. The van der Waals surface area contributed by atoms with Gasteiger partial charge in [-0.1, -0.05) is 37.3 Å². The van der Waals surface area contributed by atoms with Gasteiger partial charge in [-0.2, -0.15) is 0 Å². The van der Waals surface area contributed by atoms with Crippen molar-refractivity contribution in [3.05, 3.63) is 59.4 Å². The third-order valence-corrected chi connectivity index (χ3v) is 3.87. The van der Waals surface area contributed by atoms with Gasteiger partial charge in [-0.15, -0.1) is 0 Å². The Morgan fingerprint density at radius 2 is 1.87 bits per heavy atom. The van der Waals surface area contributed by atoms with E-state index in [0.29, 0.717) is 18.0 Å². The molecule has 0 saturated heterocycles. The summed E-state index contributed by atoms with van der Waals surface area (Å²) in [6.45, 7) is 6.25. The first-order valence-electron chi connectivity index (χ1n) is 7.89. The standard InChI is InChI=1S/C19H20N2O2/c1-4-14-7-9-15(10-8-14)17-18(19(22)23-5-2)21-12-13(3)6-11-16(21)20-17/h6-12H,4-5H2,1-3H3. The smallest absolute Gasteiger partial charge is 0.357 e. The number of aromatic nitrogens is 2. The van der Waals surface area contributed by atoms with Gasteiger partial charge in [0.25, 0.3) is 0 Å². The highest BCUT2D eigenvalue weighted by Crippen LogP contribution is 2.26. The molecular formula is C19H20N2O2. The molecule has 118 valence electrons. The third kappa shape index (κ3) is 2.84. The average Bonchev–Trinajstić information content (AvgIpc) is 2.93. The Morgan fingerprint density at radius 3 is 2.52 bits per heavy atom. The first-order valence-corrected chi connectivity index (χ1v) is 7.89. The van der Waals surface area contributed by atoms with E-state index in [9.17, 15) is 4.79 Å². The van der Waals surface area contributed by atoms with Crippen LogP contribution in [0.3, 0.4) is 0 Å². The lowest BCUT2D eigenvalue weighted by atomic mass is 10.1. The van der Waals surface area contributed by atoms with Gasteiger partial charge in [0.1, 0.15) is 11.3 Å². The number of hydrogen-bond acceptors (Lipinski definition) is 3. The van der Waals surface area contributed by atoms with E-state index in [-0.39, 0.29) is 5.97 Å². The van der Waals surface area contributed by atoms with Crippen LogP contribution in [0.5, 0.6) is 0 Å². The van der Waals surface area contributed by atoms with Gasteiger partial charge < -0.3 is 4.74 Å². The maximum atomic E-state index is 12.5. The third-order valence-electron chi connectivity index (χ3n) is 3.87. The maximum Gasteiger partial charge on any atom is 0.357 e. The summed E-state index contributed by atoms with van der Waals surface area (Å²) < 4.78 is 7.06. The van der Waals surface area contributed by atoms with E-state index in [2.05, 4.69) is 24.0 Å². The fraction of sp³-hybridized carbons (Fsp3) is 0.263. The number of pyridine rings is 1. The normalized spacial score (nSPS) is 10.9. The van der Waals surface area contributed by atoms with Crippen LogP contribution in [0.1, 0.15) is 35.5 Å². The molecule has 2 aromatic heterocycles. The molecule has 3 aromatic rings. The van der Waals surface area contributed by atoms with E-state index < -0.39 is 0 Å². The summed E-state index contributed by atoms with van der Waals surface area (Å²) in [5.41, 5.74) is 5.13. The summed E-state index contributed by atoms with van der Waals surface area (Å²) in [4.78, 5) is 17.1. The lowest BCUT2D eigenvalue weighted by molar-refractivity contribution is 0.0519. The number of benzene rings is 1. The lowest BCUT2D eigenvalue weighted by Gasteiger charge is -2.06. The Labute approximate surface area is 135 Å². The largest absolute Gasteiger partial charge is 0.461 e. The monoisotopic (exact) mass is 308 g/mol. The molecule has 0 aliphatic rings. The second kappa shape index (κ2) is 6.24. The molecule has 2 heterocycles. The number of rotatable bonds is 4. The van der Waals surface area contributed by atoms with E-state index >= 15 is 0 Å². The van der Waals surface area contributed by atoms with E-state index in [0.717, 1.165) is 23.2 Å². The second-order valence-electron chi connectivity index (χ2n) is 5.51. The van der Waals surface area contributed by atoms with Crippen molar-refractivity contribution >= 4 is 11.6 Å². The van der Waals surface area contributed by atoms with Crippen molar-refractivity contribution in [2.75, 3.05) is 6.61 Å². The highest BCUT2D eigenvalue weighted by atomic mass is 16.5. The van der Waals surface area contributed by atoms with Crippen LogP contribution in [0, 0.1) is 6.92 Å². The highest BCUT2D eigenvalue weighted by Gasteiger charge is 2.21. The SMILES string of the molecule is CCOC(=O)c1c(-c2ccc(CC)cc2)nc2ccc(C)cn12. The fourth-order valence-electron chi connectivity index (χ4n) is 2.64. The molecule has 0 unspecified atom stereocenters. The molecule has 0 radical (unpaired) electrons. The first-order chi connectivity index (χ1) is 11.1. The Kier molecular flexibility index (Phi) is 4.15. The fourth-order valence-corrected chi connectivity index (χ4v) is 2.64. The Hall–Kier alpha value is -2.62. The Morgan fingerprint density at radius 1 is 1.13 bits per heavy atom. The molecule has 0 bridgehead atoms. The van der Waals surface area contributed by atoms with E-state index in [1.807, 2.05) is 48.7 Å². The molecule has 0 aliphatic carbocycles. The molecule has 3 rings (SSSR count). The van der Waals surface area contributed by atoms with Crippen molar-refractivity contribution in [3.8, 4) is 11.3 Å². The summed E-state index contributed by atoms with van der Waals surface area (Å²) in [6, 6.07) is 12.1. The molecule has 1 aromatic carbocycles. The number of ether oxygens (including phenoxy) is 1. The molecule has 0 atom stereocenters. The van der Waals surface area contributed by atoms with Crippen molar-refractivity contribution in [1.29, 1.82) is 0 Å². The Bertz CT molecular complexity index is 848. The number of carbonyl (C=O) groups is 1. The molecular weight excluding hydrogens is 288 g/mol. The van der Waals surface area contributed by atoms with Crippen molar-refractivity contribution in [2.45, 2.75) is 27.2 Å². The number of hydrogen-bond donors (Lipinski definition) is 0. The van der Waals surface area contributed by atoms with Gasteiger partial charge in [-0.3, -0.25) is 4.40 Å². The van der Waals surface area contributed by atoms with E-state index in [1.54, 1.807) is 0 Å². The summed E-state index contributed by atoms with van der Waals surface area (Å²) >= 11 is 0. The van der Waals surface area contributed by atoms with Crippen molar-refractivity contribution in [1.82, 2.24) is 9.38 Å². The van der Waals surface area contributed by atoms with Gasteiger partial charge in [-0.25, -0.2) is 9.78 Å². The number of aryl methyl sites for hydroxylation is 2. The summed E-state index contributed by atoms with van der Waals surface area (Å²) in [5, 5.41) is 0. The van der Waals surface area contributed by atoms with Gasteiger partial charge in [0.2, 0.25) is 0 Å². The predicted molar refractivity (Wildman–Crippen MR) is 90.7 cm³/mol. The van der Waals surface area contributed by atoms with E-state index in [4.69, 9.17) is 4.74 Å². The minimum absolute atomic E-state index is 0.339. The zero-order valence-electron chi connectivity index (χ0n) is 13.7. The van der Waals surface area contributed by atoms with Crippen molar-refractivity contribution in [2.24, 2.45) is 0 Å². The molecule has 0 N–H and O–H groups in total. The molecule has 0 saturated carbocycles. The zero-order chi connectivity index (χ0) is 16.4. The van der Waals surface area contributed by atoms with Gasteiger partial charge in [-0.05, 0) is 37.5 Å². The average molecular weight is 308 g/mol. The van der Waals surface area contributed by atoms with Crippen LogP contribution in [-0.4, -0.2) is 22.0 Å². The van der Waals surface area contributed by atoms with Crippen LogP contribution in [0.25, 0.3) is 16.9 Å². The number of fused-ring (bicyclic) bond motifs is 1. The summed E-state index contributed by atoms with van der Waals surface area (Å²) in [6.07, 6.45) is 2.90. The summed E-state index contributed by atoms with van der Waals surface area (Å²) in [5.74, 6) is -0.347. The lowest BCUT2D eigenvalue weighted by Crippen LogP contribution is -2.09. The molecule has 0 aliphatic heterocycles. The number of carbonyl (C=O) groups excluding carboxylic acids is 1. The molecule has 0 amide bonds.